The Morgan fingerprint density at radius 1 is 1.25 bits per heavy atom. The smallest absolute Gasteiger partial charge is 0.221 e. The van der Waals surface area contributed by atoms with E-state index in [9.17, 15) is 0 Å². The Bertz CT molecular complexity index is 434. The highest BCUT2D eigenvalue weighted by Crippen LogP contribution is 2.29. The predicted octanol–water partition coefficient (Wildman–Crippen LogP) is 2.92. The van der Waals surface area contributed by atoms with Crippen molar-refractivity contribution in [1.29, 1.82) is 0 Å². The first-order valence-electron chi connectivity index (χ1n) is 5.26. The van der Waals surface area contributed by atoms with E-state index in [0.29, 0.717) is 5.88 Å². The van der Waals surface area contributed by atoms with Crippen LogP contribution in [0.15, 0.2) is 30.5 Å². The summed E-state index contributed by atoms with van der Waals surface area (Å²) in [5.41, 5.74) is 3.35. The number of aromatic nitrogens is 1. The highest BCUT2D eigenvalue weighted by atomic mass is 16.5. The molecule has 0 aliphatic heterocycles. The van der Waals surface area contributed by atoms with Crippen molar-refractivity contribution in [3.05, 3.63) is 48.2 Å². The fourth-order valence-electron chi connectivity index (χ4n) is 1.71. The monoisotopic (exact) mass is 211 g/mol. The van der Waals surface area contributed by atoms with Crippen LogP contribution in [0, 0.1) is 12.1 Å². The van der Waals surface area contributed by atoms with Crippen LogP contribution in [0.1, 0.15) is 12.5 Å². The fourth-order valence-corrected chi connectivity index (χ4v) is 1.71. The van der Waals surface area contributed by atoms with E-state index in [1.807, 2.05) is 24.3 Å². The van der Waals surface area contributed by atoms with Gasteiger partial charge in [-0.3, -0.25) is 0 Å². The van der Waals surface area contributed by atoms with E-state index in [1.165, 1.54) is 5.56 Å². The molecule has 0 atom stereocenters. The first-order chi connectivity index (χ1) is 7.86. The molecule has 0 saturated heterocycles. The van der Waals surface area contributed by atoms with Crippen molar-refractivity contribution in [3.63, 3.8) is 0 Å². The summed E-state index contributed by atoms with van der Waals surface area (Å²) in [5.74, 6) is 0.650. The molecule has 0 aliphatic carbocycles. The summed E-state index contributed by atoms with van der Waals surface area (Å²) in [6.07, 6.45) is 2.69. The molecule has 0 aliphatic rings. The second-order valence-electron chi connectivity index (χ2n) is 3.43. The normalized spacial score (nSPS) is 9.62. The molecule has 0 bridgehead atoms. The quantitative estimate of drug-likeness (QED) is 0.778. The van der Waals surface area contributed by atoms with Crippen LogP contribution in [0.3, 0.4) is 0 Å². The SMILES string of the molecule is CCc1cc#ccc1-c1cccnc1OC. The molecule has 0 spiro atoms. The van der Waals surface area contributed by atoms with Gasteiger partial charge in [0.1, 0.15) is 0 Å². The number of hydrogen-bond donors (Lipinski definition) is 0. The third-order valence-electron chi connectivity index (χ3n) is 2.53. The van der Waals surface area contributed by atoms with Gasteiger partial charge in [0.05, 0.1) is 7.11 Å². The zero-order valence-electron chi connectivity index (χ0n) is 9.45. The highest BCUT2D eigenvalue weighted by molar-refractivity contribution is 5.71. The standard InChI is InChI=1S/C14H13NO/c1-3-11-7-4-5-8-12(11)13-9-6-10-15-14(13)16-2/h6-10H,3H2,1-2H3. The first-order valence-corrected chi connectivity index (χ1v) is 5.26. The van der Waals surface area contributed by atoms with E-state index < -0.39 is 0 Å². The lowest BCUT2D eigenvalue weighted by Crippen LogP contribution is -1.93. The van der Waals surface area contributed by atoms with Crippen molar-refractivity contribution < 1.29 is 4.74 Å². The summed E-state index contributed by atoms with van der Waals surface area (Å²) < 4.78 is 5.26. The minimum Gasteiger partial charge on any atom is -0.481 e. The molecule has 0 unspecified atom stereocenters. The van der Waals surface area contributed by atoms with Gasteiger partial charge in [0.2, 0.25) is 5.88 Å². The molecule has 1 aromatic heterocycles. The maximum atomic E-state index is 5.26. The van der Waals surface area contributed by atoms with E-state index in [-0.39, 0.29) is 0 Å². The van der Waals surface area contributed by atoms with Gasteiger partial charge in [-0.25, -0.2) is 4.98 Å². The molecule has 0 radical (unpaired) electrons. The summed E-state index contributed by atoms with van der Waals surface area (Å²) >= 11 is 0. The first kappa shape index (κ1) is 10.5. The Balaban J connectivity index is 2.58. The maximum absolute atomic E-state index is 5.26. The zero-order valence-corrected chi connectivity index (χ0v) is 9.45. The van der Waals surface area contributed by atoms with Gasteiger partial charge in [-0.05, 0) is 41.8 Å². The summed E-state index contributed by atoms with van der Waals surface area (Å²) in [7, 11) is 1.64. The molecule has 80 valence electrons. The molecule has 2 aromatic rings. The van der Waals surface area contributed by atoms with Crippen molar-refractivity contribution >= 4 is 0 Å². The van der Waals surface area contributed by atoms with Gasteiger partial charge in [0.15, 0.2) is 0 Å². The third kappa shape index (κ3) is 1.85. The van der Waals surface area contributed by atoms with Gasteiger partial charge >= 0.3 is 0 Å². The molecular formula is C14H13NO. The molecule has 0 amide bonds. The molecule has 1 aromatic carbocycles. The van der Waals surface area contributed by atoms with E-state index in [1.54, 1.807) is 13.3 Å². The zero-order chi connectivity index (χ0) is 11.4. The molecular weight excluding hydrogens is 198 g/mol. The predicted molar refractivity (Wildman–Crippen MR) is 63.3 cm³/mol. The topological polar surface area (TPSA) is 22.1 Å². The number of hydrogen-bond acceptors (Lipinski definition) is 2. The summed E-state index contributed by atoms with van der Waals surface area (Å²) in [4.78, 5) is 4.20. The largest absolute Gasteiger partial charge is 0.481 e. The van der Waals surface area contributed by atoms with E-state index in [2.05, 4.69) is 24.0 Å². The summed E-state index contributed by atoms with van der Waals surface area (Å²) in [5, 5.41) is 0. The Labute approximate surface area is 95.9 Å². The lowest BCUT2D eigenvalue weighted by Gasteiger charge is -2.09. The maximum Gasteiger partial charge on any atom is 0.221 e. The Kier molecular flexibility index (Phi) is 3.07. The van der Waals surface area contributed by atoms with Gasteiger partial charge in [-0.15, -0.1) is 0 Å². The lowest BCUT2D eigenvalue weighted by molar-refractivity contribution is 0.399. The van der Waals surface area contributed by atoms with E-state index in [4.69, 9.17) is 4.74 Å². The molecule has 2 rings (SSSR count). The van der Waals surface area contributed by atoms with Gasteiger partial charge in [-0.1, -0.05) is 19.1 Å². The molecule has 2 heteroatoms. The Hall–Kier alpha value is -2.01. The number of rotatable bonds is 3. The Morgan fingerprint density at radius 2 is 2.06 bits per heavy atom. The average molecular weight is 211 g/mol. The van der Waals surface area contributed by atoms with Crippen molar-refractivity contribution in [2.24, 2.45) is 0 Å². The Morgan fingerprint density at radius 3 is 2.81 bits per heavy atom. The fraction of sp³-hybridized carbons (Fsp3) is 0.214. The third-order valence-corrected chi connectivity index (χ3v) is 2.53. The minimum absolute atomic E-state index is 0.650. The molecule has 16 heavy (non-hydrogen) atoms. The van der Waals surface area contributed by atoms with Crippen LogP contribution >= 0.6 is 0 Å². The number of ether oxygens (including phenoxy) is 1. The van der Waals surface area contributed by atoms with Crippen LogP contribution < -0.4 is 4.74 Å². The lowest BCUT2D eigenvalue weighted by atomic mass is 10.0. The van der Waals surface area contributed by atoms with Crippen molar-refractivity contribution in [2.45, 2.75) is 13.3 Å². The van der Waals surface area contributed by atoms with Crippen molar-refractivity contribution in [1.82, 2.24) is 4.98 Å². The number of methoxy groups -OCH3 is 1. The molecule has 1 heterocycles. The molecule has 2 nitrogen and oxygen atoms in total. The number of aryl methyl sites for hydroxylation is 1. The summed E-state index contributed by atoms with van der Waals surface area (Å²) in [6.45, 7) is 2.12. The molecule has 0 saturated carbocycles. The van der Waals surface area contributed by atoms with Gasteiger partial charge < -0.3 is 4.74 Å². The molecule has 0 fully saturated rings. The van der Waals surface area contributed by atoms with Crippen molar-refractivity contribution in [3.8, 4) is 17.0 Å². The summed E-state index contributed by atoms with van der Waals surface area (Å²) in [6, 6.07) is 13.8. The van der Waals surface area contributed by atoms with Gasteiger partial charge in [0.25, 0.3) is 0 Å². The van der Waals surface area contributed by atoms with Crippen LogP contribution in [0.5, 0.6) is 5.88 Å². The number of nitrogens with zero attached hydrogens (tertiary/aromatic N) is 1. The second kappa shape index (κ2) is 4.67. The van der Waals surface area contributed by atoms with Crippen molar-refractivity contribution in [2.75, 3.05) is 7.11 Å². The van der Waals surface area contributed by atoms with Crippen LogP contribution in [0.4, 0.5) is 0 Å². The van der Waals surface area contributed by atoms with Crippen LogP contribution in [-0.2, 0) is 6.42 Å². The highest BCUT2D eigenvalue weighted by Gasteiger charge is 2.08. The minimum atomic E-state index is 0.650. The second-order valence-corrected chi connectivity index (χ2v) is 3.43. The number of pyridine rings is 1. The van der Waals surface area contributed by atoms with Gasteiger partial charge in [-0.2, -0.15) is 0 Å². The van der Waals surface area contributed by atoms with E-state index >= 15 is 0 Å². The van der Waals surface area contributed by atoms with Crippen LogP contribution in [-0.4, -0.2) is 12.1 Å². The van der Waals surface area contributed by atoms with Gasteiger partial charge in [0, 0.05) is 11.8 Å². The van der Waals surface area contributed by atoms with Crippen LogP contribution in [0.25, 0.3) is 11.1 Å². The van der Waals surface area contributed by atoms with E-state index in [0.717, 1.165) is 17.5 Å². The average Bonchev–Trinajstić information content (AvgIpc) is 2.38. The molecule has 0 N–H and O–H groups in total. The van der Waals surface area contributed by atoms with Crippen LogP contribution in [0.2, 0.25) is 0 Å².